The second kappa shape index (κ2) is 5.99. The summed E-state index contributed by atoms with van der Waals surface area (Å²) in [6.07, 6.45) is 0. The van der Waals surface area contributed by atoms with Crippen LogP contribution in [0.15, 0.2) is 21.9 Å². The fraction of sp³-hybridized carbons (Fsp3) is 0.222. The van der Waals surface area contributed by atoms with E-state index in [0.29, 0.717) is 9.47 Å². The third kappa shape index (κ3) is 3.99. The molecule has 0 saturated carbocycles. The van der Waals surface area contributed by atoms with Crippen molar-refractivity contribution in [1.82, 2.24) is 10.2 Å². The summed E-state index contributed by atoms with van der Waals surface area (Å²) in [7, 11) is 0. The van der Waals surface area contributed by atoms with E-state index < -0.39 is 5.97 Å². The van der Waals surface area contributed by atoms with E-state index in [1.54, 1.807) is 11.3 Å². The number of aromatic nitrogens is 2. The number of carboxylic acid groups (broad SMARTS) is 1. The van der Waals surface area contributed by atoms with E-state index in [1.165, 1.54) is 28.0 Å². The predicted octanol–water partition coefficient (Wildman–Crippen LogP) is 2.39. The number of nitrogens with zero attached hydrogens (tertiary/aromatic N) is 2. The molecule has 0 saturated heterocycles. The Kier molecular flexibility index (Phi) is 4.35. The highest BCUT2D eigenvalue weighted by atomic mass is 32.2. The summed E-state index contributed by atoms with van der Waals surface area (Å²) in [6.45, 7) is 0.718. The van der Waals surface area contributed by atoms with Crippen molar-refractivity contribution in [3.63, 3.8) is 0 Å². The van der Waals surface area contributed by atoms with Gasteiger partial charge in [0.15, 0.2) is 4.34 Å². The number of carbonyl (C=O) groups is 1. The lowest BCUT2D eigenvalue weighted by molar-refractivity contribution is -0.133. The molecule has 0 amide bonds. The summed E-state index contributed by atoms with van der Waals surface area (Å²) in [6, 6.07) is 4.04. The molecule has 8 heteroatoms. The molecule has 2 aromatic rings. The van der Waals surface area contributed by atoms with Gasteiger partial charge in [-0.25, -0.2) is 0 Å². The van der Waals surface area contributed by atoms with Crippen molar-refractivity contribution in [1.29, 1.82) is 0 Å². The van der Waals surface area contributed by atoms with Gasteiger partial charge in [-0.1, -0.05) is 29.2 Å². The van der Waals surface area contributed by atoms with Crippen LogP contribution in [0.2, 0.25) is 0 Å². The average Bonchev–Trinajstić information content (AvgIpc) is 2.95. The summed E-state index contributed by atoms with van der Waals surface area (Å²) in [5, 5.41) is 22.3. The Morgan fingerprint density at radius 3 is 3.12 bits per heavy atom. The van der Waals surface area contributed by atoms with Gasteiger partial charge in [0.05, 0.1) is 12.3 Å². The van der Waals surface area contributed by atoms with E-state index in [1.807, 2.05) is 17.5 Å². The van der Waals surface area contributed by atoms with Crippen LogP contribution in [0, 0.1) is 0 Å². The van der Waals surface area contributed by atoms with Gasteiger partial charge in [0.1, 0.15) is 0 Å². The van der Waals surface area contributed by atoms with E-state index in [9.17, 15) is 4.79 Å². The maximum Gasteiger partial charge on any atom is 0.313 e. The standard InChI is InChI=1S/C9H9N3O2S3/c13-7(14)5-16-9-12-11-8(17-9)10-4-6-2-1-3-15-6/h1-3H,4-5H2,(H,10,11)(H,13,14). The smallest absolute Gasteiger partial charge is 0.313 e. The minimum atomic E-state index is -0.849. The molecule has 2 rings (SSSR count). The lowest BCUT2D eigenvalue weighted by Gasteiger charge is -1.97. The van der Waals surface area contributed by atoms with E-state index in [2.05, 4.69) is 15.5 Å². The maximum absolute atomic E-state index is 10.4. The quantitative estimate of drug-likeness (QED) is 0.795. The van der Waals surface area contributed by atoms with Crippen LogP contribution in [-0.2, 0) is 11.3 Å². The largest absolute Gasteiger partial charge is 0.481 e. The first-order chi connectivity index (χ1) is 8.24. The molecule has 2 heterocycles. The molecule has 2 N–H and O–H groups in total. The number of nitrogens with one attached hydrogen (secondary N) is 1. The van der Waals surface area contributed by atoms with E-state index in [0.717, 1.165) is 6.54 Å². The van der Waals surface area contributed by atoms with Crippen LogP contribution in [0.25, 0.3) is 0 Å². The van der Waals surface area contributed by atoms with Crippen LogP contribution in [-0.4, -0.2) is 27.0 Å². The number of carboxylic acids is 1. The van der Waals surface area contributed by atoms with Gasteiger partial charge >= 0.3 is 5.97 Å². The SMILES string of the molecule is O=C(O)CSc1nnc(NCc2cccs2)s1. The normalized spacial score (nSPS) is 10.4. The summed E-state index contributed by atoms with van der Waals surface area (Å²) < 4.78 is 0.668. The zero-order chi connectivity index (χ0) is 12.1. The highest BCUT2D eigenvalue weighted by Crippen LogP contribution is 2.25. The van der Waals surface area contributed by atoms with Crippen molar-refractivity contribution >= 4 is 45.5 Å². The lowest BCUT2D eigenvalue weighted by Crippen LogP contribution is -1.96. The van der Waals surface area contributed by atoms with Crippen molar-refractivity contribution in [2.45, 2.75) is 10.9 Å². The van der Waals surface area contributed by atoms with Crippen LogP contribution < -0.4 is 5.32 Å². The lowest BCUT2D eigenvalue weighted by atomic mass is 10.5. The second-order valence-corrected chi connectivity index (χ2v) is 6.22. The number of aliphatic carboxylic acids is 1. The summed E-state index contributed by atoms with van der Waals surface area (Å²) >= 11 is 4.22. The molecule has 0 fully saturated rings. The van der Waals surface area contributed by atoms with Gasteiger partial charge in [0.25, 0.3) is 0 Å². The summed E-state index contributed by atoms with van der Waals surface area (Å²) in [4.78, 5) is 11.6. The third-order valence-corrected chi connectivity index (χ3v) is 4.59. The van der Waals surface area contributed by atoms with Gasteiger partial charge in [-0.15, -0.1) is 21.5 Å². The van der Waals surface area contributed by atoms with E-state index >= 15 is 0 Å². The topological polar surface area (TPSA) is 75.1 Å². The minimum Gasteiger partial charge on any atom is -0.481 e. The van der Waals surface area contributed by atoms with Crippen LogP contribution in [0.5, 0.6) is 0 Å². The molecule has 0 aliphatic carbocycles. The van der Waals surface area contributed by atoms with Crippen molar-refractivity contribution in [2.75, 3.05) is 11.1 Å². The first-order valence-electron chi connectivity index (χ1n) is 4.68. The van der Waals surface area contributed by atoms with E-state index in [4.69, 9.17) is 5.11 Å². The zero-order valence-electron chi connectivity index (χ0n) is 8.62. The number of hydrogen-bond acceptors (Lipinski definition) is 7. The molecule has 0 bridgehead atoms. The van der Waals surface area contributed by atoms with Crippen LogP contribution in [0.1, 0.15) is 4.88 Å². The van der Waals surface area contributed by atoms with Crippen LogP contribution in [0.3, 0.4) is 0 Å². The molecule has 17 heavy (non-hydrogen) atoms. The monoisotopic (exact) mass is 287 g/mol. The Hall–Kier alpha value is -1.12. The molecule has 0 aliphatic heterocycles. The van der Waals surface area contributed by atoms with Crippen molar-refractivity contribution in [3.8, 4) is 0 Å². The van der Waals surface area contributed by atoms with Crippen molar-refractivity contribution in [3.05, 3.63) is 22.4 Å². The van der Waals surface area contributed by atoms with Crippen LogP contribution in [0.4, 0.5) is 5.13 Å². The predicted molar refractivity (Wildman–Crippen MR) is 69.9 cm³/mol. The fourth-order valence-electron chi connectivity index (χ4n) is 1.04. The molecule has 5 nitrogen and oxygen atoms in total. The van der Waals surface area contributed by atoms with Gasteiger partial charge in [-0.05, 0) is 11.4 Å². The molecule has 0 aromatic carbocycles. The third-order valence-electron chi connectivity index (χ3n) is 1.72. The Labute approximate surface area is 110 Å². The van der Waals surface area contributed by atoms with Gasteiger partial charge < -0.3 is 10.4 Å². The number of hydrogen-bond donors (Lipinski definition) is 2. The minimum absolute atomic E-state index is 0.0135. The molecular formula is C9H9N3O2S3. The zero-order valence-corrected chi connectivity index (χ0v) is 11.1. The Bertz CT molecular complexity index is 483. The fourth-order valence-corrected chi connectivity index (χ4v) is 3.15. The summed E-state index contributed by atoms with van der Waals surface area (Å²) in [5.41, 5.74) is 0. The first kappa shape index (κ1) is 12.3. The molecule has 0 radical (unpaired) electrons. The van der Waals surface area contributed by atoms with Crippen molar-refractivity contribution < 1.29 is 9.90 Å². The van der Waals surface area contributed by atoms with Gasteiger partial charge in [0, 0.05) is 4.88 Å². The first-order valence-corrected chi connectivity index (χ1v) is 7.36. The number of rotatable bonds is 6. The van der Waals surface area contributed by atoms with Gasteiger partial charge in [-0.3, -0.25) is 4.79 Å². The highest BCUT2D eigenvalue weighted by molar-refractivity contribution is 8.01. The number of thioether (sulfide) groups is 1. The molecular weight excluding hydrogens is 278 g/mol. The molecule has 2 aromatic heterocycles. The second-order valence-electron chi connectivity index (χ2n) is 2.99. The molecule has 0 aliphatic rings. The molecule has 0 spiro atoms. The van der Waals surface area contributed by atoms with Crippen LogP contribution >= 0.6 is 34.4 Å². The molecule has 0 atom stereocenters. The highest BCUT2D eigenvalue weighted by Gasteiger charge is 2.06. The number of thiophene rings is 1. The number of anilines is 1. The van der Waals surface area contributed by atoms with Crippen molar-refractivity contribution in [2.24, 2.45) is 0 Å². The van der Waals surface area contributed by atoms with E-state index in [-0.39, 0.29) is 5.75 Å². The molecule has 0 unspecified atom stereocenters. The Balaban J connectivity index is 1.83. The Morgan fingerprint density at radius 1 is 1.53 bits per heavy atom. The molecule has 90 valence electrons. The summed E-state index contributed by atoms with van der Waals surface area (Å²) in [5.74, 6) is -0.835. The average molecular weight is 287 g/mol. The van der Waals surface area contributed by atoms with Gasteiger partial charge in [0.2, 0.25) is 5.13 Å². The Morgan fingerprint density at radius 2 is 2.41 bits per heavy atom. The maximum atomic E-state index is 10.4. The van der Waals surface area contributed by atoms with Gasteiger partial charge in [-0.2, -0.15) is 0 Å².